The molecule has 0 radical (unpaired) electrons. The number of hydrogen-bond acceptors (Lipinski definition) is 4. The fraction of sp³-hybridized carbons (Fsp3) is 0.533. The number of carbonyl (C=O) groups excluding carboxylic acids is 1. The number of nitrogens with one attached hydrogen (secondary N) is 1. The second kappa shape index (κ2) is 5.96. The molecular formula is C15H19FN2O3S. The van der Waals surface area contributed by atoms with Gasteiger partial charge in [-0.3, -0.25) is 4.79 Å². The van der Waals surface area contributed by atoms with Gasteiger partial charge in [0.15, 0.2) is 0 Å². The van der Waals surface area contributed by atoms with E-state index >= 15 is 0 Å². The van der Waals surface area contributed by atoms with Gasteiger partial charge in [0, 0.05) is 37.2 Å². The number of hydrogen-bond donors (Lipinski definition) is 1. The molecule has 0 aromatic heterocycles. The van der Waals surface area contributed by atoms with Gasteiger partial charge in [-0.1, -0.05) is 12.1 Å². The number of carbonyl (C=O) groups is 1. The van der Waals surface area contributed by atoms with E-state index in [-0.39, 0.29) is 18.9 Å². The van der Waals surface area contributed by atoms with Crippen LogP contribution in [-0.4, -0.2) is 32.7 Å². The molecule has 1 amide bonds. The van der Waals surface area contributed by atoms with Gasteiger partial charge in [0.2, 0.25) is 5.91 Å². The third kappa shape index (κ3) is 4.04. The number of rotatable bonds is 6. The minimum atomic E-state index is -4.54. The molecule has 1 aromatic rings. The van der Waals surface area contributed by atoms with Gasteiger partial charge in [-0.2, -0.15) is 8.42 Å². The Morgan fingerprint density at radius 2 is 1.91 bits per heavy atom. The van der Waals surface area contributed by atoms with Crippen LogP contribution in [0.3, 0.4) is 0 Å². The summed E-state index contributed by atoms with van der Waals surface area (Å²) in [6, 6.07) is 8.26. The molecule has 3 rings (SSSR count). The largest absolute Gasteiger partial charge is 0.312 e. The molecule has 1 saturated heterocycles. The van der Waals surface area contributed by atoms with Crippen LogP contribution in [0.1, 0.15) is 24.8 Å². The standard InChI is InChI=1S/C15H19FN2O3S/c16-22(20,21)10-12-7-15(19)18(9-12)14-5-1-11(2-6-14)8-17-13-3-4-13/h1-2,5-6,12-13,17H,3-4,7-10H2. The van der Waals surface area contributed by atoms with Gasteiger partial charge >= 0.3 is 10.2 Å². The van der Waals surface area contributed by atoms with Crippen LogP contribution in [-0.2, 0) is 21.6 Å². The first-order valence-corrected chi connectivity index (χ1v) is 9.01. The van der Waals surface area contributed by atoms with E-state index < -0.39 is 21.9 Å². The molecule has 1 aromatic carbocycles. The summed E-state index contributed by atoms with van der Waals surface area (Å²) < 4.78 is 34.2. The maximum absolute atomic E-state index is 12.7. The van der Waals surface area contributed by atoms with Crippen molar-refractivity contribution in [2.24, 2.45) is 5.92 Å². The van der Waals surface area contributed by atoms with Gasteiger partial charge in [0.25, 0.3) is 0 Å². The number of nitrogens with zero attached hydrogens (tertiary/aromatic N) is 1. The van der Waals surface area contributed by atoms with Crippen LogP contribution in [0.4, 0.5) is 9.57 Å². The SMILES string of the molecule is O=C1CC(CS(=O)(=O)F)CN1c1ccc(CNC2CC2)cc1. The Morgan fingerprint density at radius 1 is 1.23 bits per heavy atom. The molecule has 7 heteroatoms. The fourth-order valence-electron chi connectivity index (χ4n) is 2.77. The molecule has 0 bridgehead atoms. The summed E-state index contributed by atoms with van der Waals surface area (Å²) in [4.78, 5) is 13.5. The zero-order chi connectivity index (χ0) is 15.7. The van der Waals surface area contributed by atoms with Crippen LogP contribution >= 0.6 is 0 Å². The molecule has 2 fully saturated rings. The van der Waals surface area contributed by atoms with Crippen molar-refractivity contribution in [3.63, 3.8) is 0 Å². The Labute approximate surface area is 129 Å². The van der Waals surface area contributed by atoms with Crippen LogP contribution < -0.4 is 10.2 Å². The quantitative estimate of drug-likeness (QED) is 0.806. The highest BCUT2D eigenvalue weighted by atomic mass is 32.3. The molecule has 1 aliphatic heterocycles. The van der Waals surface area contributed by atoms with Gasteiger partial charge in [-0.25, -0.2) is 0 Å². The maximum atomic E-state index is 12.7. The number of amides is 1. The van der Waals surface area contributed by atoms with Crippen LogP contribution in [0, 0.1) is 5.92 Å². The Hall–Kier alpha value is -1.47. The van der Waals surface area contributed by atoms with Crippen molar-refractivity contribution >= 4 is 21.8 Å². The average Bonchev–Trinajstić information content (AvgIpc) is 3.19. The van der Waals surface area contributed by atoms with E-state index in [0.29, 0.717) is 6.04 Å². The van der Waals surface area contributed by atoms with Crippen molar-refractivity contribution in [2.75, 3.05) is 17.2 Å². The van der Waals surface area contributed by atoms with Crippen molar-refractivity contribution in [1.29, 1.82) is 0 Å². The summed E-state index contributed by atoms with van der Waals surface area (Å²) in [7, 11) is -4.54. The molecule has 120 valence electrons. The molecule has 1 N–H and O–H groups in total. The molecule has 0 spiro atoms. The summed E-state index contributed by atoms with van der Waals surface area (Å²) in [5.74, 6) is -1.21. The van der Waals surface area contributed by atoms with Crippen LogP contribution in [0.5, 0.6) is 0 Å². The number of benzene rings is 1. The first-order chi connectivity index (χ1) is 10.4. The van der Waals surface area contributed by atoms with Crippen LogP contribution in [0.2, 0.25) is 0 Å². The molecular weight excluding hydrogens is 307 g/mol. The van der Waals surface area contributed by atoms with Crippen molar-refractivity contribution in [2.45, 2.75) is 31.8 Å². The van der Waals surface area contributed by atoms with E-state index in [1.807, 2.05) is 24.3 Å². The summed E-state index contributed by atoms with van der Waals surface area (Å²) in [6.45, 7) is 1.06. The van der Waals surface area contributed by atoms with Crippen molar-refractivity contribution < 1.29 is 17.1 Å². The summed E-state index contributed by atoms with van der Waals surface area (Å²) in [6.07, 6.45) is 2.55. The average molecular weight is 326 g/mol. The van der Waals surface area contributed by atoms with E-state index in [0.717, 1.165) is 17.8 Å². The second-order valence-electron chi connectivity index (χ2n) is 6.10. The molecule has 1 heterocycles. The summed E-state index contributed by atoms with van der Waals surface area (Å²) >= 11 is 0. The molecule has 1 unspecified atom stereocenters. The Kier molecular flexibility index (Phi) is 4.18. The third-order valence-electron chi connectivity index (χ3n) is 4.06. The fourth-order valence-corrected chi connectivity index (χ4v) is 3.55. The van der Waals surface area contributed by atoms with E-state index in [1.54, 1.807) is 0 Å². The van der Waals surface area contributed by atoms with E-state index in [1.165, 1.54) is 17.7 Å². The summed E-state index contributed by atoms with van der Waals surface area (Å²) in [5.41, 5.74) is 1.88. The highest BCUT2D eigenvalue weighted by Gasteiger charge is 2.33. The number of anilines is 1. The molecule has 1 aliphatic carbocycles. The van der Waals surface area contributed by atoms with Crippen molar-refractivity contribution in [3.05, 3.63) is 29.8 Å². The Morgan fingerprint density at radius 3 is 2.50 bits per heavy atom. The minimum Gasteiger partial charge on any atom is -0.312 e. The molecule has 2 aliphatic rings. The van der Waals surface area contributed by atoms with Crippen molar-refractivity contribution in [1.82, 2.24) is 5.32 Å². The van der Waals surface area contributed by atoms with Crippen LogP contribution in [0.15, 0.2) is 24.3 Å². The van der Waals surface area contributed by atoms with Gasteiger partial charge in [0.05, 0.1) is 5.75 Å². The van der Waals surface area contributed by atoms with Gasteiger partial charge in [-0.05, 0) is 30.5 Å². The highest BCUT2D eigenvalue weighted by molar-refractivity contribution is 7.86. The zero-order valence-electron chi connectivity index (χ0n) is 12.2. The topological polar surface area (TPSA) is 66.5 Å². The summed E-state index contributed by atoms with van der Waals surface area (Å²) in [5, 5.41) is 3.41. The Bertz CT molecular complexity index is 656. The minimum absolute atomic E-state index is 0.0775. The second-order valence-corrected chi connectivity index (χ2v) is 7.51. The Balaban J connectivity index is 1.61. The number of halogens is 1. The monoisotopic (exact) mass is 326 g/mol. The first kappa shape index (κ1) is 15.4. The zero-order valence-corrected chi connectivity index (χ0v) is 13.0. The molecule has 22 heavy (non-hydrogen) atoms. The van der Waals surface area contributed by atoms with Crippen molar-refractivity contribution in [3.8, 4) is 0 Å². The predicted molar refractivity (Wildman–Crippen MR) is 81.7 cm³/mol. The van der Waals surface area contributed by atoms with Crippen LogP contribution in [0.25, 0.3) is 0 Å². The van der Waals surface area contributed by atoms with E-state index in [9.17, 15) is 17.1 Å². The van der Waals surface area contributed by atoms with E-state index in [4.69, 9.17) is 0 Å². The maximum Gasteiger partial charge on any atom is 0.302 e. The van der Waals surface area contributed by atoms with Gasteiger partial charge in [0.1, 0.15) is 0 Å². The predicted octanol–water partition coefficient (Wildman–Crippen LogP) is 1.59. The molecule has 1 saturated carbocycles. The van der Waals surface area contributed by atoms with E-state index in [2.05, 4.69) is 5.32 Å². The third-order valence-corrected chi connectivity index (χ3v) is 4.93. The smallest absolute Gasteiger partial charge is 0.302 e. The lowest BCUT2D eigenvalue weighted by Crippen LogP contribution is -2.25. The lowest BCUT2D eigenvalue weighted by Gasteiger charge is -2.17. The highest BCUT2D eigenvalue weighted by Crippen LogP contribution is 2.27. The van der Waals surface area contributed by atoms with Gasteiger partial charge < -0.3 is 10.2 Å². The molecule has 1 atom stereocenters. The normalized spacial score (nSPS) is 22.3. The molecule has 5 nitrogen and oxygen atoms in total. The van der Waals surface area contributed by atoms with Gasteiger partial charge in [-0.15, -0.1) is 3.89 Å². The first-order valence-electron chi connectivity index (χ1n) is 7.46. The lowest BCUT2D eigenvalue weighted by molar-refractivity contribution is -0.117. The lowest BCUT2D eigenvalue weighted by atomic mass is 10.1.